The van der Waals surface area contributed by atoms with Gasteiger partial charge in [0.15, 0.2) is 0 Å². The topological polar surface area (TPSA) is 20.2 Å². The van der Waals surface area contributed by atoms with Crippen molar-refractivity contribution in [2.75, 3.05) is 0 Å². The Morgan fingerprint density at radius 1 is 0.483 bits per heavy atom. The molecule has 0 radical (unpaired) electrons. The fraction of sp³-hybridized carbons (Fsp3) is 1.00. The zero-order valence-corrected chi connectivity index (χ0v) is 13.2. The normalized spacial score (nSPS) is 17.5. The average Bonchev–Trinajstić information content (AvgIpc) is 2.51. The van der Waals surface area contributed by atoms with Crippen molar-refractivity contribution in [1.29, 1.82) is 0 Å². The largest absolute Gasteiger partial charge is 0.460 e. The van der Waals surface area contributed by atoms with Crippen LogP contribution in [-0.2, 0) is 0 Å². The maximum Gasteiger partial charge on any atom is 0.460 e. The van der Waals surface area contributed by atoms with Crippen LogP contribution < -0.4 is 0 Å². The van der Waals surface area contributed by atoms with E-state index in [0.29, 0.717) is 6.92 Å². The van der Waals surface area contributed by atoms with Crippen LogP contribution in [0.1, 0.15) is 13.3 Å². The second-order valence-electron chi connectivity index (χ2n) is 5.49. The van der Waals surface area contributed by atoms with E-state index >= 15 is 0 Å². The fourth-order valence-electron chi connectivity index (χ4n) is 1.64. The van der Waals surface area contributed by atoms with Crippen molar-refractivity contribution in [3.63, 3.8) is 0 Å². The highest BCUT2D eigenvalue weighted by atomic mass is 19.4. The van der Waals surface area contributed by atoms with Crippen LogP contribution in [0.25, 0.3) is 0 Å². The molecular weight excluding hydrogens is 471 g/mol. The molecule has 1 nitrogen and oxygen atoms in total. The molecule has 176 valence electrons. The van der Waals surface area contributed by atoms with Gasteiger partial charge in [-0.3, -0.25) is 0 Å². The Kier molecular flexibility index (Phi) is 6.60. The van der Waals surface area contributed by atoms with Crippen molar-refractivity contribution in [3.05, 3.63) is 0 Å². The van der Waals surface area contributed by atoms with Gasteiger partial charge in [-0.1, -0.05) is 6.92 Å². The molecule has 0 fully saturated rings. The van der Waals surface area contributed by atoms with E-state index in [1.165, 1.54) is 0 Å². The van der Waals surface area contributed by atoms with E-state index < -0.39 is 60.2 Å². The number of rotatable bonds is 8. The Labute approximate surface area is 148 Å². The van der Waals surface area contributed by atoms with E-state index in [2.05, 4.69) is 0 Å². The summed E-state index contributed by atoms with van der Waals surface area (Å²) in [6.45, 7) is 0.359. The van der Waals surface area contributed by atoms with Gasteiger partial charge in [-0.25, -0.2) is 0 Å². The third-order valence-electron chi connectivity index (χ3n) is 3.55. The summed E-state index contributed by atoms with van der Waals surface area (Å²) >= 11 is 0. The first-order chi connectivity index (χ1) is 12.2. The summed E-state index contributed by atoms with van der Waals surface area (Å²) in [5, 5.41) is 8.54. The first-order valence-corrected chi connectivity index (χ1v) is 6.62. The zero-order valence-electron chi connectivity index (χ0n) is 13.2. The summed E-state index contributed by atoms with van der Waals surface area (Å²) in [7, 11) is 0. The van der Waals surface area contributed by atoms with Crippen molar-refractivity contribution in [2.45, 2.75) is 67.1 Å². The van der Waals surface area contributed by atoms with Crippen LogP contribution in [0, 0.1) is 0 Å². The van der Waals surface area contributed by atoms with Gasteiger partial charge in [0, 0.05) is 0 Å². The van der Waals surface area contributed by atoms with E-state index in [1.807, 2.05) is 0 Å². The van der Waals surface area contributed by atoms with Gasteiger partial charge >= 0.3 is 47.6 Å². The predicted molar refractivity (Wildman–Crippen MR) is 57.0 cm³/mol. The van der Waals surface area contributed by atoms with Gasteiger partial charge in [-0.2, -0.15) is 74.6 Å². The lowest BCUT2D eigenvalue weighted by Crippen LogP contribution is -2.75. The smallest absolute Gasteiger partial charge is 0.387 e. The SMILES string of the molecule is CCC(O)C(F)(F)C(F)(F)C(F)(F)C(F)(F)C(F)(F)C(F)(F)C(F)(F)C(F)(F)F. The van der Waals surface area contributed by atoms with Gasteiger partial charge in [0.1, 0.15) is 6.10 Å². The van der Waals surface area contributed by atoms with E-state index in [1.54, 1.807) is 0 Å². The minimum Gasteiger partial charge on any atom is -0.387 e. The molecule has 18 heteroatoms. The lowest BCUT2D eigenvalue weighted by molar-refractivity contribution is -0.464. The summed E-state index contributed by atoms with van der Waals surface area (Å²) in [6.07, 6.45) is -13.4. The monoisotopic (exact) mass is 478 g/mol. The Hall–Kier alpha value is -1.23. The van der Waals surface area contributed by atoms with Gasteiger partial charge in [0.2, 0.25) is 0 Å². The Balaban J connectivity index is 6.73. The molecule has 1 N–H and O–H groups in total. The number of aliphatic hydroxyl groups is 1. The molecule has 0 saturated heterocycles. The van der Waals surface area contributed by atoms with E-state index in [4.69, 9.17) is 5.11 Å². The van der Waals surface area contributed by atoms with E-state index in [-0.39, 0.29) is 0 Å². The standard InChI is InChI=1S/C11H7F17O/c1-2-3(29)4(12,13)5(14,15)6(16,17)7(18,19)8(20,21)9(22,23)10(24,25)11(26,27)28/h3,29H,2H2,1H3. The second-order valence-corrected chi connectivity index (χ2v) is 5.49. The highest BCUT2D eigenvalue weighted by Crippen LogP contribution is 2.64. The highest BCUT2D eigenvalue weighted by Gasteiger charge is 2.95. The maximum atomic E-state index is 13.3. The molecule has 0 aromatic carbocycles. The van der Waals surface area contributed by atoms with Crippen molar-refractivity contribution < 1.29 is 79.7 Å². The molecule has 0 aliphatic carbocycles. The molecule has 0 bridgehead atoms. The van der Waals surface area contributed by atoms with Crippen molar-refractivity contribution in [1.82, 2.24) is 0 Å². The minimum absolute atomic E-state index is 0.359. The molecule has 0 rings (SSSR count). The second kappa shape index (κ2) is 6.90. The van der Waals surface area contributed by atoms with Crippen molar-refractivity contribution in [3.8, 4) is 0 Å². The molecule has 0 aromatic rings. The van der Waals surface area contributed by atoms with Crippen LogP contribution in [-0.4, -0.2) is 58.8 Å². The predicted octanol–water partition coefficient (Wildman–Crippen LogP) is 5.77. The number of alkyl halides is 17. The lowest BCUT2D eigenvalue weighted by Gasteiger charge is -2.43. The first kappa shape index (κ1) is 27.8. The van der Waals surface area contributed by atoms with Crippen LogP contribution in [0.5, 0.6) is 0 Å². The Morgan fingerprint density at radius 3 is 0.966 bits per heavy atom. The van der Waals surface area contributed by atoms with E-state index in [9.17, 15) is 74.6 Å². The van der Waals surface area contributed by atoms with Crippen LogP contribution in [0.2, 0.25) is 0 Å². The van der Waals surface area contributed by atoms with Crippen molar-refractivity contribution in [2.24, 2.45) is 0 Å². The summed E-state index contributed by atoms with van der Waals surface area (Å²) in [5.74, 6) is -56.9. The van der Waals surface area contributed by atoms with Crippen molar-refractivity contribution >= 4 is 0 Å². The molecule has 0 aliphatic heterocycles. The average molecular weight is 478 g/mol. The molecule has 1 unspecified atom stereocenters. The Bertz CT molecular complexity index is 589. The van der Waals surface area contributed by atoms with Gasteiger partial charge < -0.3 is 5.11 Å². The van der Waals surface area contributed by atoms with Gasteiger partial charge in [0.05, 0.1) is 0 Å². The Morgan fingerprint density at radius 2 is 0.724 bits per heavy atom. The molecule has 1 atom stereocenters. The first-order valence-electron chi connectivity index (χ1n) is 6.62. The molecule has 0 saturated carbocycles. The van der Waals surface area contributed by atoms with Crippen LogP contribution in [0.4, 0.5) is 74.6 Å². The van der Waals surface area contributed by atoms with E-state index in [0.717, 1.165) is 0 Å². The number of aliphatic hydroxyl groups excluding tert-OH is 1. The molecule has 0 amide bonds. The number of hydrogen-bond donors (Lipinski definition) is 1. The molecule has 0 heterocycles. The minimum atomic E-state index is -8.65. The summed E-state index contributed by atoms with van der Waals surface area (Å²) in [4.78, 5) is 0. The summed E-state index contributed by atoms with van der Waals surface area (Å²) in [5.41, 5.74) is 0. The van der Waals surface area contributed by atoms with Gasteiger partial charge in [-0.05, 0) is 6.42 Å². The third-order valence-corrected chi connectivity index (χ3v) is 3.55. The molecule has 0 aromatic heterocycles. The lowest BCUT2D eigenvalue weighted by atomic mass is 9.87. The number of hydrogen-bond acceptors (Lipinski definition) is 1. The van der Waals surface area contributed by atoms with Crippen LogP contribution >= 0.6 is 0 Å². The zero-order chi connectivity index (χ0) is 24.3. The molecule has 29 heavy (non-hydrogen) atoms. The summed E-state index contributed by atoms with van der Waals surface area (Å²) in [6, 6.07) is 0. The third kappa shape index (κ3) is 3.37. The van der Waals surface area contributed by atoms with Crippen LogP contribution in [0.3, 0.4) is 0 Å². The maximum absolute atomic E-state index is 13.3. The highest BCUT2D eigenvalue weighted by molar-refractivity contribution is 5.15. The van der Waals surface area contributed by atoms with Gasteiger partial charge in [-0.15, -0.1) is 0 Å². The van der Waals surface area contributed by atoms with Crippen LogP contribution in [0.15, 0.2) is 0 Å². The van der Waals surface area contributed by atoms with Gasteiger partial charge in [0.25, 0.3) is 0 Å². The number of halogens is 17. The molecule has 0 spiro atoms. The molecule has 0 aliphatic rings. The fourth-order valence-corrected chi connectivity index (χ4v) is 1.64. The molecular formula is C11H7F17O. The quantitative estimate of drug-likeness (QED) is 0.440. The summed E-state index contributed by atoms with van der Waals surface area (Å²) < 4.78 is 218.